The molecule has 2 aliphatic heterocycles. The van der Waals surface area contributed by atoms with Gasteiger partial charge >= 0.3 is 6.03 Å². The average Bonchev–Trinajstić information content (AvgIpc) is 2.79. The molecule has 2 saturated carbocycles. The third-order valence-corrected chi connectivity index (χ3v) is 8.45. The summed E-state index contributed by atoms with van der Waals surface area (Å²) in [6, 6.07) is 1.99. The van der Waals surface area contributed by atoms with E-state index in [1.54, 1.807) is 0 Å². The Bertz CT molecular complexity index is 526. The van der Waals surface area contributed by atoms with Crippen LogP contribution in [0.1, 0.15) is 90.4 Å². The molecule has 4 rings (SSSR count). The van der Waals surface area contributed by atoms with E-state index >= 15 is 0 Å². The quantitative estimate of drug-likeness (QED) is 0.575. The van der Waals surface area contributed by atoms with Crippen LogP contribution in [0.15, 0.2) is 0 Å². The molecule has 4 fully saturated rings. The summed E-state index contributed by atoms with van der Waals surface area (Å²) < 4.78 is 5.65. The van der Waals surface area contributed by atoms with Gasteiger partial charge in [0.1, 0.15) is 0 Å². The summed E-state index contributed by atoms with van der Waals surface area (Å²) in [4.78, 5) is 17.8. The second-order valence-electron chi connectivity index (χ2n) is 10.4. The maximum atomic E-state index is 12.7. The summed E-state index contributed by atoms with van der Waals surface area (Å²) in [6.07, 6.45) is 16.8. The number of hydrogen-bond acceptors (Lipinski definition) is 3. The Labute approximate surface area is 184 Å². The normalized spacial score (nSPS) is 33.9. The molecule has 5 nitrogen and oxygen atoms in total. The Balaban J connectivity index is 1.18. The lowest BCUT2D eigenvalue weighted by Crippen LogP contribution is -2.63. The smallest absolute Gasteiger partial charge is 0.317 e. The first kappa shape index (κ1) is 22.4. The van der Waals surface area contributed by atoms with E-state index in [1.807, 2.05) is 0 Å². The van der Waals surface area contributed by atoms with Gasteiger partial charge in [-0.05, 0) is 82.5 Å². The zero-order valence-electron chi connectivity index (χ0n) is 19.3. The first-order chi connectivity index (χ1) is 14.8. The van der Waals surface area contributed by atoms with Crippen LogP contribution in [0, 0.1) is 11.8 Å². The predicted octanol–water partition coefficient (Wildman–Crippen LogP) is 4.80. The second-order valence-corrected chi connectivity index (χ2v) is 10.4. The van der Waals surface area contributed by atoms with Crippen LogP contribution >= 0.6 is 0 Å². The van der Waals surface area contributed by atoms with Crippen LogP contribution in [0.3, 0.4) is 0 Å². The summed E-state index contributed by atoms with van der Waals surface area (Å²) in [5.41, 5.74) is 0. The molecule has 2 aliphatic carbocycles. The number of piperidine rings is 1. The van der Waals surface area contributed by atoms with Gasteiger partial charge in [0.05, 0.1) is 0 Å². The minimum atomic E-state index is 0.222. The lowest BCUT2D eigenvalue weighted by molar-refractivity contribution is 0.0253. The zero-order valence-corrected chi connectivity index (χ0v) is 19.3. The molecule has 0 aromatic rings. The van der Waals surface area contributed by atoms with Gasteiger partial charge in [0.2, 0.25) is 0 Å². The van der Waals surface area contributed by atoms with Gasteiger partial charge in [-0.3, -0.25) is 0 Å². The van der Waals surface area contributed by atoms with Crippen molar-refractivity contribution in [1.82, 2.24) is 15.1 Å². The van der Waals surface area contributed by atoms with E-state index < -0.39 is 0 Å². The van der Waals surface area contributed by atoms with Gasteiger partial charge in [-0.1, -0.05) is 19.8 Å². The highest BCUT2D eigenvalue weighted by atomic mass is 16.5. The third-order valence-electron chi connectivity index (χ3n) is 8.45. The maximum absolute atomic E-state index is 12.7. The number of hydrogen-bond donors (Lipinski definition) is 1. The fourth-order valence-electron chi connectivity index (χ4n) is 6.74. The SMILES string of the molecule is CCCOCCCC1CCC(N2CCC(N3C(=O)NC[C@H]4CCCC[C@@H]43)CC2)CC1. The van der Waals surface area contributed by atoms with E-state index in [9.17, 15) is 4.79 Å². The van der Waals surface area contributed by atoms with E-state index in [0.717, 1.165) is 38.1 Å². The van der Waals surface area contributed by atoms with Gasteiger partial charge in [-0.15, -0.1) is 0 Å². The van der Waals surface area contributed by atoms with Crippen molar-refractivity contribution in [2.24, 2.45) is 11.8 Å². The summed E-state index contributed by atoms with van der Waals surface area (Å²) in [5, 5.41) is 3.20. The lowest BCUT2D eigenvalue weighted by Gasteiger charge is -2.50. The molecule has 2 amide bonds. The lowest BCUT2D eigenvalue weighted by atomic mass is 9.80. The summed E-state index contributed by atoms with van der Waals surface area (Å²) in [5.74, 6) is 1.61. The fraction of sp³-hybridized carbons (Fsp3) is 0.960. The van der Waals surface area contributed by atoms with Gasteiger partial charge in [0, 0.05) is 51.0 Å². The van der Waals surface area contributed by atoms with Gasteiger partial charge in [0.25, 0.3) is 0 Å². The average molecular weight is 420 g/mol. The predicted molar refractivity (Wildman–Crippen MR) is 122 cm³/mol. The first-order valence-corrected chi connectivity index (χ1v) is 13.1. The Morgan fingerprint density at radius 2 is 1.70 bits per heavy atom. The molecule has 5 heteroatoms. The molecule has 0 unspecified atom stereocenters. The van der Waals surface area contributed by atoms with Crippen LogP contribution < -0.4 is 5.32 Å². The molecule has 2 atom stereocenters. The molecule has 4 aliphatic rings. The van der Waals surface area contributed by atoms with Gasteiger partial charge < -0.3 is 19.9 Å². The highest BCUT2D eigenvalue weighted by Gasteiger charge is 2.41. The monoisotopic (exact) mass is 419 g/mol. The standard InChI is InChI=1S/C25H45N3O2/c1-2-17-30-18-5-6-20-9-11-22(12-10-20)27-15-13-23(14-16-27)28-24-8-4-3-7-21(24)19-26-25(28)29/h20-24H,2-19H2,1H3,(H,26,29)/t20?,21-,22?,24+/m1/s1. The Morgan fingerprint density at radius 1 is 0.933 bits per heavy atom. The van der Waals surface area contributed by atoms with E-state index in [4.69, 9.17) is 4.74 Å². The molecule has 0 spiro atoms. The number of urea groups is 1. The number of likely N-dealkylation sites (tertiary alicyclic amines) is 1. The van der Waals surface area contributed by atoms with Crippen molar-refractivity contribution in [3.05, 3.63) is 0 Å². The Kier molecular flexibility index (Phi) is 8.34. The highest BCUT2D eigenvalue weighted by molar-refractivity contribution is 5.76. The summed E-state index contributed by atoms with van der Waals surface area (Å²) >= 11 is 0. The number of rotatable bonds is 8. The molecule has 0 radical (unpaired) electrons. The molecule has 2 heterocycles. The molecule has 0 bridgehead atoms. The van der Waals surface area contributed by atoms with E-state index in [1.165, 1.54) is 90.1 Å². The number of carbonyl (C=O) groups is 1. The highest BCUT2D eigenvalue weighted by Crippen LogP contribution is 2.36. The topological polar surface area (TPSA) is 44.8 Å². The molecule has 1 N–H and O–H groups in total. The Morgan fingerprint density at radius 3 is 2.47 bits per heavy atom. The Hall–Kier alpha value is -0.810. The van der Waals surface area contributed by atoms with Crippen LogP contribution in [-0.4, -0.2) is 66.8 Å². The van der Waals surface area contributed by atoms with Crippen LogP contribution in [0.4, 0.5) is 4.79 Å². The van der Waals surface area contributed by atoms with Crippen LogP contribution in [0.2, 0.25) is 0 Å². The minimum Gasteiger partial charge on any atom is -0.381 e. The number of nitrogens with zero attached hydrogens (tertiary/aromatic N) is 2. The molecular formula is C25H45N3O2. The van der Waals surface area contributed by atoms with Crippen molar-refractivity contribution >= 4 is 6.03 Å². The van der Waals surface area contributed by atoms with E-state index in [-0.39, 0.29) is 6.03 Å². The van der Waals surface area contributed by atoms with Crippen molar-refractivity contribution in [2.75, 3.05) is 32.8 Å². The van der Waals surface area contributed by atoms with Crippen molar-refractivity contribution in [1.29, 1.82) is 0 Å². The van der Waals surface area contributed by atoms with Crippen LogP contribution in [0.5, 0.6) is 0 Å². The van der Waals surface area contributed by atoms with Gasteiger partial charge in [-0.25, -0.2) is 4.79 Å². The third kappa shape index (κ3) is 5.51. The van der Waals surface area contributed by atoms with Crippen molar-refractivity contribution < 1.29 is 9.53 Å². The minimum absolute atomic E-state index is 0.222. The first-order valence-electron chi connectivity index (χ1n) is 13.1. The van der Waals surface area contributed by atoms with Crippen molar-refractivity contribution in [2.45, 2.75) is 109 Å². The molecule has 172 valence electrons. The van der Waals surface area contributed by atoms with Gasteiger partial charge in [-0.2, -0.15) is 0 Å². The molecular weight excluding hydrogens is 374 g/mol. The van der Waals surface area contributed by atoms with Crippen LogP contribution in [-0.2, 0) is 4.74 Å². The number of fused-ring (bicyclic) bond motifs is 1. The molecule has 2 saturated heterocycles. The number of carbonyl (C=O) groups excluding carboxylic acids is 1. The molecule has 0 aromatic heterocycles. The number of nitrogens with one attached hydrogen (secondary N) is 1. The van der Waals surface area contributed by atoms with E-state index in [0.29, 0.717) is 18.0 Å². The summed E-state index contributed by atoms with van der Waals surface area (Å²) in [6.45, 7) is 7.33. The van der Waals surface area contributed by atoms with E-state index in [2.05, 4.69) is 22.0 Å². The molecule has 0 aromatic carbocycles. The molecule has 30 heavy (non-hydrogen) atoms. The number of amides is 2. The maximum Gasteiger partial charge on any atom is 0.317 e. The number of ether oxygens (including phenoxy) is 1. The van der Waals surface area contributed by atoms with Crippen LogP contribution in [0.25, 0.3) is 0 Å². The largest absolute Gasteiger partial charge is 0.381 e. The fourth-order valence-corrected chi connectivity index (χ4v) is 6.74. The summed E-state index contributed by atoms with van der Waals surface area (Å²) in [7, 11) is 0. The zero-order chi connectivity index (χ0) is 20.8. The van der Waals surface area contributed by atoms with Crippen molar-refractivity contribution in [3.63, 3.8) is 0 Å². The van der Waals surface area contributed by atoms with Gasteiger partial charge in [0.15, 0.2) is 0 Å². The second kappa shape index (κ2) is 11.2. The van der Waals surface area contributed by atoms with Crippen molar-refractivity contribution in [3.8, 4) is 0 Å².